The third-order valence-corrected chi connectivity index (χ3v) is 6.22. The number of hydrogen-bond acceptors (Lipinski definition) is 7. The first-order valence-corrected chi connectivity index (χ1v) is 12.4. The third-order valence-electron chi connectivity index (χ3n) is 6.22. The average molecular weight is 505 g/mol. The normalized spacial score (nSPS) is 11.4. The number of para-hydroxylation sites is 1. The van der Waals surface area contributed by atoms with E-state index in [1.54, 1.807) is 24.3 Å². The Morgan fingerprint density at radius 3 is 2.32 bits per heavy atom. The standard InChI is InChI=1S/C30H36N2O5/c1-6-32(28-16-11-21(2)19-22(28)3)17-18-37-24-14-12-23(13-15-24)20-27(30(34)36-5)31-26-10-8-7-9-25(26)29(33)35-4/h7-16,19,27,31H,6,17-18,20H2,1-5H3. The van der Waals surface area contributed by atoms with Crippen LogP contribution in [0.3, 0.4) is 0 Å². The number of likely N-dealkylation sites (N-methyl/N-ethyl adjacent to an activating group) is 1. The van der Waals surface area contributed by atoms with Gasteiger partial charge in [-0.2, -0.15) is 0 Å². The summed E-state index contributed by atoms with van der Waals surface area (Å²) in [6, 6.07) is 20.4. The van der Waals surface area contributed by atoms with Crippen molar-refractivity contribution in [3.8, 4) is 5.75 Å². The van der Waals surface area contributed by atoms with Gasteiger partial charge in [0.2, 0.25) is 0 Å². The van der Waals surface area contributed by atoms with Crippen LogP contribution in [0.25, 0.3) is 0 Å². The van der Waals surface area contributed by atoms with Crippen LogP contribution in [0.1, 0.15) is 34.0 Å². The minimum Gasteiger partial charge on any atom is -0.492 e. The van der Waals surface area contributed by atoms with Crippen LogP contribution in [0.4, 0.5) is 11.4 Å². The number of rotatable bonds is 12. The Bertz CT molecular complexity index is 1190. The van der Waals surface area contributed by atoms with E-state index in [0.717, 1.165) is 24.4 Å². The molecule has 37 heavy (non-hydrogen) atoms. The fourth-order valence-electron chi connectivity index (χ4n) is 4.26. The monoisotopic (exact) mass is 504 g/mol. The molecule has 1 N–H and O–H groups in total. The van der Waals surface area contributed by atoms with Gasteiger partial charge in [-0.15, -0.1) is 0 Å². The van der Waals surface area contributed by atoms with Gasteiger partial charge in [0.15, 0.2) is 0 Å². The van der Waals surface area contributed by atoms with Gasteiger partial charge in [0.1, 0.15) is 18.4 Å². The van der Waals surface area contributed by atoms with E-state index in [4.69, 9.17) is 14.2 Å². The number of carbonyl (C=O) groups excluding carboxylic acids is 2. The zero-order chi connectivity index (χ0) is 26.8. The van der Waals surface area contributed by atoms with E-state index < -0.39 is 18.0 Å². The molecule has 3 rings (SSSR count). The predicted molar refractivity (Wildman–Crippen MR) is 147 cm³/mol. The summed E-state index contributed by atoms with van der Waals surface area (Å²) in [5, 5.41) is 3.14. The van der Waals surface area contributed by atoms with Crippen LogP contribution in [0.2, 0.25) is 0 Å². The van der Waals surface area contributed by atoms with Gasteiger partial charge in [0.05, 0.1) is 26.3 Å². The molecule has 3 aromatic carbocycles. The molecular weight excluding hydrogens is 468 g/mol. The zero-order valence-corrected chi connectivity index (χ0v) is 22.2. The first kappa shape index (κ1) is 27.6. The average Bonchev–Trinajstić information content (AvgIpc) is 2.91. The van der Waals surface area contributed by atoms with Crippen molar-refractivity contribution in [1.29, 1.82) is 0 Å². The topological polar surface area (TPSA) is 77.1 Å². The second kappa shape index (κ2) is 13.3. The Kier molecular flexibility index (Phi) is 9.95. The number of methoxy groups -OCH3 is 2. The van der Waals surface area contributed by atoms with Crippen molar-refractivity contribution in [2.45, 2.75) is 33.2 Å². The molecule has 0 bridgehead atoms. The van der Waals surface area contributed by atoms with Gasteiger partial charge in [0, 0.05) is 24.3 Å². The number of esters is 2. The molecule has 1 unspecified atom stereocenters. The number of carbonyl (C=O) groups is 2. The first-order chi connectivity index (χ1) is 17.9. The summed E-state index contributed by atoms with van der Waals surface area (Å²) in [6.45, 7) is 8.60. The third kappa shape index (κ3) is 7.49. The summed E-state index contributed by atoms with van der Waals surface area (Å²) in [6.07, 6.45) is 0.374. The molecule has 0 fully saturated rings. The first-order valence-electron chi connectivity index (χ1n) is 12.4. The van der Waals surface area contributed by atoms with Crippen molar-refractivity contribution >= 4 is 23.3 Å². The Labute approximate surface area is 219 Å². The predicted octanol–water partition coefficient (Wildman–Crippen LogP) is 5.19. The van der Waals surface area contributed by atoms with E-state index >= 15 is 0 Å². The van der Waals surface area contributed by atoms with E-state index in [1.165, 1.54) is 31.0 Å². The second-order valence-corrected chi connectivity index (χ2v) is 8.82. The maximum absolute atomic E-state index is 12.5. The molecule has 0 aliphatic carbocycles. The molecule has 0 saturated heterocycles. The fourth-order valence-corrected chi connectivity index (χ4v) is 4.26. The van der Waals surface area contributed by atoms with Crippen molar-refractivity contribution in [1.82, 2.24) is 0 Å². The van der Waals surface area contributed by atoms with Crippen molar-refractivity contribution < 1.29 is 23.8 Å². The lowest BCUT2D eigenvalue weighted by Gasteiger charge is -2.25. The molecule has 0 aliphatic rings. The van der Waals surface area contributed by atoms with Crippen LogP contribution in [0.15, 0.2) is 66.7 Å². The molecule has 0 aromatic heterocycles. The number of ether oxygens (including phenoxy) is 3. The van der Waals surface area contributed by atoms with Crippen molar-refractivity contribution in [2.24, 2.45) is 0 Å². The van der Waals surface area contributed by atoms with Gasteiger partial charge in [-0.25, -0.2) is 9.59 Å². The number of aryl methyl sites for hydroxylation is 2. The van der Waals surface area contributed by atoms with Crippen molar-refractivity contribution in [2.75, 3.05) is 44.1 Å². The zero-order valence-electron chi connectivity index (χ0n) is 22.2. The Morgan fingerprint density at radius 1 is 0.946 bits per heavy atom. The van der Waals surface area contributed by atoms with Gasteiger partial charge in [-0.3, -0.25) is 0 Å². The highest BCUT2D eigenvalue weighted by Crippen LogP contribution is 2.22. The largest absolute Gasteiger partial charge is 0.492 e. The van der Waals surface area contributed by atoms with Crippen LogP contribution in [0.5, 0.6) is 5.75 Å². The molecule has 0 spiro atoms. The number of nitrogens with zero attached hydrogens (tertiary/aromatic N) is 1. The lowest BCUT2D eigenvalue weighted by molar-refractivity contribution is -0.141. The molecule has 0 radical (unpaired) electrons. The SMILES string of the molecule is CCN(CCOc1ccc(CC(Nc2ccccc2C(=O)OC)C(=O)OC)cc1)c1ccc(C)cc1C. The van der Waals surface area contributed by atoms with Crippen LogP contribution >= 0.6 is 0 Å². The van der Waals surface area contributed by atoms with E-state index in [0.29, 0.717) is 24.3 Å². The summed E-state index contributed by atoms with van der Waals surface area (Å²) in [5.74, 6) is -0.141. The summed E-state index contributed by atoms with van der Waals surface area (Å²) in [5.41, 5.74) is 5.53. The quantitative estimate of drug-likeness (QED) is 0.340. The van der Waals surface area contributed by atoms with Crippen molar-refractivity contribution in [3.63, 3.8) is 0 Å². The molecular formula is C30H36N2O5. The van der Waals surface area contributed by atoms with Crippen LogP contribution in [-0.2, 0) is 20.7 Å². The molecule has 1 atom stereocenters. The Balaban J connectivity index is 1.62. The maximum Gasteiger partial charge on any atom is 0.339 e. The summed E-state index contributed by atoms with van der Waals surface area (Å²) >= 11 is 0. The molecule has 196 valence electrons. The minimum atomic E-state index is -0.682. The molecule has 0 amide bonds. The Hall–Kier alpha value is -4.00. The molecule has 3 aromatic rings. The highest BCUT2D eigenvalue weighted by Gasteiger charge is 2.22. The smallest absolute Gasteiger partial charge is 0.339 e. The second-order valence-electron chi connectivity index (χ2n) is 8.82. The number of benzene rings is 3. The van der Waals surface area contributed by atoms with Gasteiger partial charge in [-0.05, 0) is 62.2 Å². The van der Waals surface area contributed by atoms with Crippen molar-refractivity contribution in [3.05, 3.63) is 89.0 Å². The molecule has 7 nitrogen and oxygen atoms in total. The lowest BCUT2D eigenvalue weighted by Crippen LogP contribution is -2.33. The van der Waals surface area contributed by atoms with Crippen LogP contribution in [-0.4, -0.2) is 51.9 Å². The van der Waals surface area contributed by atoms with E-state index in [9.17, 15) is 9.59 Å². The van der Waals surface area contributed by atoms with E-state index in [-0.39, 0.29) is 0 Å². The number of hydrogen-bond donors (Lipinski definition) is 1. The minimum absolute atomic E-state index is 0.351. The van der Waals surface area contributed by atoms with E-state index in [2.05, 4.69) is 49.2 Å². The van der Waals surface area contributed by atoms with Gasteiger partial charge in [0.25, 0.3) is 0 Å². The molecule has 0 heterocycles. The van der Waals surface area contributed by atoms with E-state index in [1.807, 2.05) is 24.3 Å². The highest BCUT2D eigenvalue weighted by molar-refractivity contribution is 5.96. The summed E-state index contributed by atoms with van der Waals surface area (Å²) in [7, 11) is 2.67. The molecule has 0 saturated carbocycles. The number of anilines is 2. The molecule has 7 heteroatoms. The van der Waals surface area contributed by atoms with Crippen LogP contribution < -0.4 is 15.0 Å². The maximum atomic E-state index is 12.5. The van der Waals surface area contributed by atoms with Gasteiger partial charge < -0.3 is 24.4 Å². The Morgan fingerprint density at radius 2 is 1.68 bits per heavy atom. The summed E-state index contributed by atoms with van der Waals surface area (Å²) < 4.78 is 15.9. The highest BCUT2D eigenvalue weighted by atomic mass is 16.5. The number of nitrogens with one attached hydrogen (secondary N) is 1. The van der Waals surface area contributed by atoms with Gasteiger partial charge in [-0.1, -0.05) is 42.0 Å². The lowest BCUT2D eigenvalue weighted by atomic mass is 10.0. The van der Waals surface area contributed by atoms with Gasteiger partial charge >= 0.3 is 11.9 Å². The summed E-state index contributed by atoms with van der Waals surface area (Å²) in [4.78, 5) is 26.9. The van der Waals surface area contributed by atoms with Crippen LogP contribution in [0, 0.1) is 13.8 Å². The fraction of sp³-hybridized carbons (Fsp3) is 0.333. The molecule has 0 aliphatic heterocycles.